The second kappa shape index (κ2) is 8.53. The Balaban J connectivity index is 1.85. The molecular formula is C23H15ClO9. The molecule has 3 aromatic rings. The van der Waals surface area contributed by atoms with E-state index in [9.17, 15) is 29.4 Å². The number of rotatable bonds is 4. The van der Waals surface area contributed by atoms with E-state index in [-0.39, 0.29) is 44.2 Å². The number of hydrogen-bond acceptors (Lipinski definition) is 8. The summed E-state index contributed by atoms with van der Waals surface area (Å²) in [6, 6.07) is 9.32. The highest BCUT2D eigenvalue weighted by Gasteiger charge is 2.33. The Morgan fingerprint density at radius 2 is 1.91 bits per heavy atom. The van der Waals surface area contributed by atoms with Gasteiger partial charge in [0, 0.05) is 29.5 Å². The Labute approximate surface area is 190 Å². The molecule has 33 heavy (non-hydrogen) atoms. The largest absolute Gasteiger partial charge is 0.481 e. The normalized spacial score (nSPS) is 17.4. The van der Waals surface area contributed by atoms with Crippen LogP contribution in [0.4, 0.5) is 0 Å². The molecular weight excluding hydrogens is 456 g/mol. The van der Waals surface area contributed by atoms with Crippen LogP contribution in [0.15, 0.2) is 63.3 Å². The first-order chi connectivity index (χ1) is 15.6. The minimum atomic E-state index is -1.73. The Morgan fingerprint density at radius 3 is 2.61 bits per heavy atom. The van der Waals surface area contributed by atoms with E-state index in [4.69, 9.17) is 25.5 Å². The third-order valence-electron chi connectivity index (χ3n) is 4.91. The quantitative estimate of drug-likeness (QED) is 0.254. The molecule has 0 radical (unpaired) electrons. The van der Waals surface area contributed by atoms with Crippen molar-refractivity contribution in [1.82, 2.24) is 0 Å². The molecule has 2 aromatic carbocycles. The fraction of sp³-hybridized carbons (Fsp3) is 0.130. The molecule has 0 spiro atoms. The second-order valence-electron chi connectivity index (χ2n) is 7.15. The summed E-state index contributed by atoms with van der Waals surface area (Å²) in [5.74, 6) is -3.97. The molecule has 0 aliphatic carbocycles. The number of fused-ring (bicyclic) bond motifs is 2. The van der Waals surface area contributed by atoms with Crippen LogP contribution in [0.3, 0.4) is 0 Å². The summed E-state index contributed by atoms with van der Waals surface area (Å²) in [5.41, 5.74) is -1.13. The summed E-state index contributed by atoms with van der Waals surface area (Å²) in [4.78, 5) is 48.5. The Morgan fingerprint density at radius 1 is 1.15 bits per heavy atom. The zero-order chi connectivity index (χ0) is 23.9. The lowest BCUT2D eigenvalue weighted by Gasteiger charge is -2.25. The number of carbonyl (C=O) groups excluding carboxylic acids is 2. The maximum atomic E-state index is 13.0. The van der Waals surface area contributed by atoms with Crippen molar-refractivity contribution >= 4 is 40.3 Å². The first-order valence-corrected chi connectivity index (χ1v) is 9.91. The van der Waals surface area contributed by atoms with Gasteiger partial charge < -0.3 is 24.1 Å². The number of esters is 1. The smallest absolute Gasteiger partial charge is 0.336 e. The number of aliphatic carboxylic acids is 1. The number of carbonyl (C=O) groups is 3. The maximum Gasteiger partial charge on any atom is 0.336 e. The highest BCUT2D eigenvalue weighted by Crippen LogP contribution is 2.35. The van der Waals surface area contributed by atoms with Crippen molar-refractivity contribution in [2.24, 2.45) is 0 Å². The van der Waals surface area contributed by atoms with Crippen LogP contribution in [0, 0.1) is 0 Å². The van der Waals surface area contributed by atoms with Crippen molar-refractivity contribution in [3.63, 3.8) is 0 Å². The molecule has 168 valence electrons. The lowest BCUT2D eigenvalue weighted by molar-refractivity contribution is -0.137. The number of ether oxygens (including phenoxy) is 2. The summed E-state index contributed by atoms with van der Waals surface area (Å²) in [6.45, 7) is 1.20. The summed E-state index contributed by atoms with van der Waals surface area (Å²) in [5, 5.41) is 20.7. The van der Waals surface area contributed by atoms with Gasteiger partial charge in [-0.15, -0.1) is 0 Å². The number of carboxylic acid groups (broad SMARTS) is 1. The Bertz CT molecular complexity index is 1400. The summed E-state index contributed by atoms with van der Waals surface area (Å²) in [7, 11) is 0. The molecule has 0 unspecified atom stereocenters. The van der Waals surface area contributed by atoms with Gasteiger partial charge in [0.1, 0.15) is 23.0 Å². The van der Waals surface area contributed by atoms with Gasteiger partial charge in [0.15, 0.2) is 5.78 Å². The molecule has 4 rings (SSSR count). The van der Waals surface area contributed by atoms with Crippen molar-refractivity contribution in [3.8, 4) is 11.5 Å². The van der Waals surface area contributed by atoms with Crippen molar-refractivity contribution in [3.05, 3.63) is 80.7 Å². The standard InChI is InChI=1S/C23H15ClO9/c1-10(25)31-12-3-4-13-14(9-20(26)32-19(13)7-12)15(22(28)29)8-17-21(27)16-6-11(24)2-5-18(16)33-23(17)30/h2-9,15,23,30H,1H3,(H,28,29)/b17-8-/t15-,23-/m1/s1. The van der Waals surface area contributed by atoms with Crippen molar-refractivity contribution in [1.29, 1.82) is 0 Å². The van der Waals surface area contributed by atoms with Gasteiger partial charge in [-0.25, -0.2) is 4.79 Å². The molecule has 2 heterocycles. The molecule has 0 saturated carbocycles. The third-order valence-corrected chi connectivity index (χ3v) is 5.15. The molecule has 10 heteroatoms. The van der Waals surface area contributed by atoms with Gasteiger partial charge in [0.2, 0.25) is 6.29 Å². The summed E-state index contributed by atoms with van der Waals surface area (Å²) >= 11 is 5.94. The third kappa shape index (κ3) is 4.36. The van der Waals surface area contributed by atoms with Crippen molar-refractivity contribution < 1.29 is 38.5 Å². The molecule has 0 saturated heterocycles. The number of benzene rings is 2. The lowest BCUT2D eigenvalue weighted by atomic mass is 9.90. The van der Waals surface area contributed by atoms with Gasteiger partial charge in [-0.05, 0) is 35.9 Å². The van der Waals surface area contributed by atoms with Crippen LogP contribution in [-0.2, 0) is 9.59 Å². The molecule has 1 aliphatic heterocycles. The molecule has 0 bridgehead atoms. The number of aliphatic hydroxyl groups excluding tert-OH is 1. The van der Waals surface area contributed by atoms with Crippen LogP contribution in [-0.4, -0.2) is 34.2 Å². The second-order valence-corrected chi connectivity index (χ2v) is 7.59. The molecule has 1 aromatic heterocycles. The van der Waals surface area contributed by atoms with Gasteiger partial charge in [-0.3, -0.25) is 14.4 Å². The van der Waals surface area contributed by atoms with E-state index < -0.39 is 35.6 Å². The van der Waals surface area contributed by atoms with Gasteiger partial charge >= 0.3 is 17.6 Å². The fourth-order valence-electron chi connectivity index (χ4n) is 3.52. The number of ketones is 1. The molecule has 0 amide bonds. The zero-order valence-corrected chi connectivity index (χ0v) is 17.7. The maximum absolute atomic E-state index is 13.0. The molecule has 2 N–H and O–H groups in total. The Kier molecular flexibility index (Phi) is 5.75. The minimum Gasteiger partial charge on any atom is -0.481 e. The van der Waals surface area contributed by atoms with E-state index in [1.165, 1.54) is 43.3 Å². The number of carboxylic acids is 1. The fourth-order valence-corrected chi connectivity index (χ4v) is 3.69. The van der Waals surface area contributed by atoms with Crippen LogP contribution in [0.1, 0.15) is 28.8 Å². The predicted molar refractivity (Wildman–Crippen MR) is 115 cm³/mol. The highest BCUT2D eigenvalue weighted by atomic mass is 35.5. The van der Waals surface area contributed by atoms with E-state index in [0.717, 1.165) is 12.1 Å². The summed E-state index contributed by atoms with van der Waals surface area (Å²) < 4.78 is 15.4. The van der Waals surface area contributed by atoms with Gasteiger partial charge in [0.25, 0.3) is 0 Å². The zero-order valence-electron chi connectivity index (χ0n) is 16.9. The van der Waals surface area contributed by atoms with E-state index in [0.29, 0.717) is 0 Å². The number of halogens is 1. The number of Topliss-reactive ketones (excluding diaryl/α,β-unsaturated/α-hetero) is 1. The molecule has 9 nitrogen and oxygen atoms in total. The molecule has 0 fully saturated rings. The van der Waals surface area contributed by atoms with Crippen molar-refractivity contribution in [2.45, 2.75) is 19.1 Å². The monoisotopic (exact) mass is 470 g/mol. The van der Waals surface area contributed by atoms with E-state index in [2.05, 4.69) is 0 Å². The molecule has 1 aliphatic rings. The van der Waals surface area contributed by atoms with Crippen LogP contribution in [0.25, 0.3) is 11.0 Å². The van der Waals surface area contributed by atoms with Crippen LogP contribution < -0.4 is 15.1 Å². The lowest BCUT2D eigenvalue weighted by Crippen LogP contribution is -2.31. The minimum absolute atomic E-state index is 0.00696. The number of hydrogen-bond donors (Lipinski definition) is 2. The molecule has 2 atom stereocenters. The van der Waals surface area contributed by atoms with Gasteiger partial charge in [-0.2, -0.15) is 0 Å². The number of aliphatic hydroxyl groups is 1. The van der Waals surface area contributed by atoms with Crippen LogP contribution in [0.5, 0.6) is 11.5 Å². The van der Waals surface area contributed by atoms with Crippen LogP contribution in [0.2, 0.25) is 5.02 Å². The first kappa shape index (κ1) is 22.3. The first-order valence-electron chi connectivity index (χ1n) is 9.54. The Hall–Kier alpha value is -3.95. The SMILES string of the molecule is CC(=O)Oc1ccc2c([C@@H](/C=C3/C(=O)c4cc(Cl)ccc4O[C@H]3O)C(=O)O)cc(=O)oc2c1. The highest BCUT2D eigenvalue weighted by molar-refractivity contribution is 6.31. The van der Waals surface area contributed by atoms with Crippen LogP contribution >= 0.6 is 11.6 Å². The summed E-state index contributed by atoms with van der Waals surface area (Å²) in [6.07, 6.45) is -0.706. The average molecular weight is 471 g/mol. The predicted octanol–water partition coefficient (Wildman–Crippen LogP) is 3.06. The van der Waals surface area contributed by atoms with Gasteiger partial charge in [0.05, 0.1) is 11.1 Å². The topological polar surface area (TPSA) is 140 Å². The van der Waals surface area contributed by atoms with Crippen molar-refractivity contribution in [2.75, 3.05) is 0 Å². The average Bonchev–Trinajstić information content (AvgIpc) is 2.73. The van der Waals surface area contributed by atoms with E-state index in [1.54, 1.807) is 0 Å². The van der Waals surface area contributed by atoms with Gasteiger partial charge in [-0.1, -0.05) is 17.7 Å². The van der Waals surface area contributed by atoms with E-state index in [1.807, 2.05) is 0 Å². The van der Waals surface area contributed by atoms with E-state index >= 15 is 0 Å².